The van der Waals surface area contributed by atoms with Crippen LogP contribution in [0.25, 0.3) is 0 Å². The zero-order valence-electron chi connectivity index (χ0n) is 12.4. The molecule has 1 fully saturated rings. The molecule has 0 radical (unpaired) electrons. The van der Waals surface area contributed by atoms with Gasteiger partial charge in [0.25, 0.3) is 0 Å². The van der Waals surface area contributed by atoms with Crippen molar-refractivity contribution in [3.05, 3.63) is 71.8 Å². The summed E-state index contributed by atoms with van der Waals surface area (Å²) < 4.78 is 0. The molecule has 1 saturated heterocycles. The first kappa shape index (κ1) is 13.9. The number of likely N-dealkylation sites (tertiary alicyclic amines) is 1. The molecule has 0 bridgehead atoms. The van der Waals surface area contributed by atoms with Crippen molar-refractivity contribution in [2.75, 3.05) is 6.54 Å². The molecule has 3 rings (SSSR count). The molecule has 108 valence electrons. The van der Waals surface area contributed by atoms with Crippen LogP contribution in [0, 0.1) is 5.92 Å². The van der Waals surface area contributed by atoms with Gasteiger partial charge >= 0.3 is 0 Å². The standard InChI is InChI=1S/C19H21NO/c1-15(17-10-6-3-7-11-17)20-13-12-18(19(20)21)14-16-8-4-2-5-9-16/h2-11,15,18H,12-14H2,1H3/t15-,18-/m1/s1. The first-order valence-corrected chi connectivity index (χ1v) is 7.65. The van der Waals surface area contributed by atoms with Crippen molar-refractivity contribution in [2.24, 2.45) is 5.92 Å². The van der Waals surface area contributed by atoms with Crippen LogP contribution in [0.1, 0.15) is 30.5 Å². The molecule has 1 aliphatic heterocycles. The Kier molecular flexibility index (Phi) is 4.05. The Bertz CT molecular complexity index is 593. The number of rotatable bonds is 4. The summed E-state index contributed by atoms with van der Waals surface area (Å²) in [5, 5.41) is 0. The number of hydrogen-bond acceptors (Lipinski definition) is 1. The molecule has 21 heavy (non-hydrogen) atoms. The Balaban J connectivity index is 1.69. The van der Waals surface area contributed by atoms with Gasteiger partial charge in [0, 0.05) is 12.5 Å². The average molecular weight is 279 g/mol. The number of carbonyl (C=O) groups excluding carboxylic acids is 1. The largest absolute Gasteiger partial charge is 0.336 e. The molecule has 1 heterocycles. The van der Waals surface area contributed by atoms with Crippen LogP contribution in [-0.4, -0.2) is 17.4 Å². The number of amides is 1. The fourth-order valence-corrected chi connectivity index (χ4v) is 3.15. The highest BCUT2D eigenvalue weighted by Gasteiger charge is 2.34. The van der Waals surface area contributed by atoms with E-state index >= 15 is 0 Å². The number of hydrogen-bond donors (Lipinski definition) is 0. The van der Waals surface area contributed by atoms with Gasteiger partial charge in [0.15, 0.2) is 0 Å². The maximum Gasteiger partial charge on any atom is 0.226 e. The van der Waals surface area contributed by atoms with E-state index in [2.05, 4.69) is 31.2 Å². The van der Waals surface area contributed by atoms with E-state index in [1.54, 1.807) is 0 Å². The summed E-state index contributed by atoms with van der Waals surface area (Å²) in [6.07, 6.45) is 1.82. The maximum absolute atomic E-state index is 12.7. The van der Waals surface area contributed by atoms with E-state index in [1.165, 1.54) is 11.1 Å². The van der Waals surface area contributed by atoms with Gasteiger partial charge in [0.2, 0.25) is 5.91 Å². The fourth-order valence-electron chi connectivity index (χ4n) is 3.15. The van der Waals surface area contributed by atoms with Crippen molar-refractivity contribution in [2.45, 2.75) is 25.8 Å². The van der Waals surface area contributed by atoms with Gasteiger partial charge in [0.05, 0.1) is 6.04 Å². The molecule has 2 heteroatoms. The summed E-state index contributed by atoms with van der Waals surface area (Å²) in [4.78, 5) is 14.7. The smallest absolute Gasteiger partial charge is 0.226 e. The summed E-state index contributed by atoms with van der Waals surface area (Å²) in [5.41, 5.74) is 2.47. The molecular formula is C19H21NO. The second kappa shape index (κ2) is 6.13. The van der Waals surface area contributed by atoms with Crippen molar-refractivity contribution in [1.82, 2.24) is 4.90 Å². The highest BCUT2D eigenvalue weighted by Crippen LogP contribution is 2.30. The number of benzene rings is 2. The predicted molar refractivity (Wildman–Crippen MR) is 84.8 cm³/mol. The molecule has 2 atom stereocenters. The molecule has 2 aromatic carbocycles. The first-order valence-electron chi connectivity index (χ1n) is 7.65. The lowest BCUT2D eigenvalue weighted by atomic mass is 9.98. The Morgan fingerprint density at radius 1 is 1.05 bits per heavy atom. The monoisotopic (exact) mass is 279 g/mol. The van der Waals surface area contributed by atoms with Crippen LogP contribution >= 0.6 is 0 Å². The molecule has 0 unspecified atom stereocenters. The van der Waals surface area contributed by atoms with Gasteiger partial charge < -0.3 is 4.90 Å². The molecule has 2 aromatic rings. The maximum atomic E-state index is 12.7. The van der Waals surface area contributed by atoms with Crippen molar-refractivity contribution in [1.29, 1.82) is 0 Å². The Labute approximate surface area is 126 Å². The van der Waals surface area contributed by atoms with Gasteiger partial charge in [-0.1, -0.05) is 60.7 Å². The van der Waals surface area contributed by atoms with Crippen LogP contribution in [0.3, 0.4) is 0 Å². The van der Waals surface area contributed by atoms with Gasteiger partial charge in [-0.25, -0.2) is 0 Å². The fraction of sp³-hybridized carbons (Fsp3) is 0.316. The third-order valence-electron chi connectivity index (χ3n) is 4.43. The van der Waals surface area contributed by atoms with E-state index in [4.69, 9.17) is 0 Å². The topological polar surface area (TPSA) is 20.3 Å². The van der Waals surface area contributed by atoms with E-state index < -0.39 is 0 Å². The van der Waals surface area contributed by atoms with Crippen molar-refractivity contribution in [3.63, 3.8) is 0 Å². The zero-order chi connectivity index (χ0) is 14.7. The minimum absolute atomic E-state index is 0.138. The van der Waals surface area contributed by atoms with Gasteiger partial charge in [0.1, 0.15) is 0 Å². The molecule has 0 N–H and O–H groups in total. The van der Waals surface area contributed by atoms with Crippen LogP contribution < -0.4 is 0 Å². The van der Waals surface area contributed by atoms with Crippen LogP contribution in [0.15, 0.2) is 60.7 Å². The van der Waals surface area contributed by atoms with Gasteiger partial charge in [-0.3, -0.25) is 4.79 Å². The summed E-state index contributed by atoms with van der Waals surface area (Å²) in [6.45, 7) is 2.99. The highest BCUT2D eigenvalue weighted by atomic mass is 16.2. The molecule has 1 amide bonds. The molecule has 0 spiro atoms. The molecule has 2 nitrogen and oxygen atoms in total. The normalized spacial score (nSPS) is 19.8. The van der Waals surface area contributed by atoms with E-state index in [9.17, 15) is 4.79 Å². The second-order valence-electron chi connectivity index (χ2n) is 5.79. The SMILES string of the molecule is C[C@H](c1ccccc1)N1CC[C@H](Cc2ccccc2)C1=O. The second-order valence-corrected chi connectivity index (χ2v) is 5.79. The molecule has 0 aliphatic carbocycles. The lowest BCUT2D eigenvalue weighted by Crippen LogP contribution is -2.30. The van der Waals surface area contributed by atoms with Gasteiger partial charge in [-0.2, -0.15) is 0 Å². The highest BCUT2D eigenvalue weighted by molar-refractivity contribution is 5.81. The lowest BCUT2D eigenvalue weighted by Gasteiger charge is -2.25. The predicted octanol–water partition coefficient (Wildman–Crippen LogP) is 3.84. The zero-order valence-corrected chi connectivity index (χ0v) is 12.4. The molecule has 0 aromatic heterocycles. The van der Waals surface area contributed by atoms with Gasteiger partial charge in [-0.05, 0) is 30.9 Å². The quantitative estimate of drug-likeness (QED) is 0.832. The van der Waals surface area contributed by atoms with Crippen molar-refractivity contribution < 1.29 is 4.79 Å². The van der Waals surface area contributed by atoms with E-state index in [0.29, 0.717) is 5.91 Å². The minimum atomic E-state index is 0.138. The Morgan fingerprint density at radius 3 is 2.33 bits per heavy atom. The number of carbonyl (C=O) groups is 1. The average Bonchev–Trinajstić information content (AvgIpc) is 2.89. The van der Waals surface area contributed by atoms with Crippen LogP contribution in [-0.2, 0) is 11.2 Å². The van der Waals surface area contributed by atoms with Gasteiger partial charge in [-0.15, -0.1) is 0 Å². The third-order valence-corrected chi connectivity index (χ3v) is 4.43. The lowest BCUT2D eigenvalue weighted by molar-refractivity contribution is -0.132. The number of nitrogens with zero attached hydrogens (tertiary/aromatic N) is 1. The van der Waals surface area contributed by atoms with Crippen molar-refractivity contribution >= 4 is 5.91 Å². The van der Waals surface area contributed by atoms with E-state index in [-0.39, 0.29) is 12.0 Å². The summed E-state index contributed by atoms with van der Waals surface area (Å²) in [7, 11) is 0. The molecule has 0 saturated carbocycles. The summed E-state index contributed by atoms with van der Waals surface area (Å²) in [6, 6.07) is 20.8. The van der Waals surface area contributed by atoms with E-state index in [0.717, 1.165) is 19.4 Å². The van der Waals surface area contributed by atoms with Crippen LogP contribution in [0.2, 0.25) is 0 Å². The molecular weight excluding hydrogens is 258 g/mol. The first-order chi connectivity index (χ1) is 10.3. The Hall–Kier alpha value is -2.09. The van der Waals surface area contributed by atoms with Crippen LogP contribution in [0.4, 0.5) is 0 Å². The molecule has 1 aliphatic rings. The van der Waals surface area contributed by atoms with Crippen LogP contribution in [0.5, 0.6) is 0 Å². The third kappa shape index (κ3) is 2.99. The summed E-state index contributed by atoms with van der Waals surface area (Å²) >= 11 is 0. The Morgan fingerprint density at radius 2 is 1.67 bits per heavy atom. The van der Waals surface area contributed by atoms with Crippen molar-refractivity contribution in [3.8, 4) is 0 Å². The minimum Gasteiger partial charge on any atom is -0.336 e. The summed E-state index contributed by atoms with van der Waals surface area (Å²) in [5.74, 6) is 0.439. The van der Waals surface area contributed by atoms with E-state index in [1.807, 2.05) is 41.3 Å².